The molecule has 0 saturated heterocycles. The zero-order valence-corrected chi connectivity index (χ0v) is 16.7. The molecule has 4 aromatic heterocycles. The first-order valence-corrected chi connectivity index (χ1v) is 9.20. The number of fused-ring (bicyclic) bond motifs is 2. The standard InChI is InChI=1S/C19H18N8OS/c1-11(20)7-16(29)13-3-4-17-24-25-18(27(17)26-13)10-22-14-5-6-21-15-8-12(28-2)9-23-19(14)15/h3-9,20,29H,10H2,1-2H3,(H,21,22)/b16-7-,20-11?. The molecule has 0 unspecified atom stereocenters. The van der Waals surface area contributed by atoms with Crippen LogP contribution in [0.2, 0.25) is 0 Å². The second-order valence-corrected chi connectivity index (χ2v) is 6.75. The van der Waals surface area contributed by atoms with E-state index >= 15 is 0 Å². The van der Waals surface area contributed by atoms with Crippen molar-refractivity contribution in [3.05, 3.63) is 54.3 Å². The summed E-state index contributed by atoms with van der Waals surface area (Å²) >= 11 is 4.43. The molecule has 4 heterocycles. The highest BCUT2D eigenvalue weighted by molar-refractivity contribution is 7.90. The lowest BCUT2D eigenvalue weighted by Crippen LogP contribution is -2.08. The Kier molecular flexibility index (Phi) is 5.09. The van der Waals surface area contributed by atoms with Gasteiger partial charge in [-0.15, -0.1) is 22.8 Å². The highest BCUT2D eigenvalue weighted by Gasteiger charge is 2.11. The molecule has 9 nitrogen and oxygen atoms in total. The van der Waals surface area contributed by atoms with E-state index in [-0.39, 0.29) is 0 Å². The van der Waals surface area contributed by atoms with Crippen LogP contribution in [0.25, 0.3) is 21.6 Å². The Hall–Kier alpha value is -3.53. The summed E-state index contributed by atoms with van der Waals surface area (Å²) in [5.74, 6) is 1.28. The number of allylic oxidation sites excluding steroid dienone is 1. The molecule has 0 aliphatic heterocycles. The van der Waals surface area contributed by atoms with Crippen LogP contribution in [-0.4, -0.2) is 42.6 Å². The molecular formula is C19H18N8OS. The minimum absolute atomic E-state index is 0.389. The fourth-order valence-corrected chi connectivity index (χ4v) is 3.11. The molecular weight excluding hydrogens is 388 g/mol. The molecule has 2 N–H and O–H groups in total. The highest BCUT2D eigenvalue weighted by Crippen LogP contribution is 2.23. The molecule has 0 spiro atoms. The minimum atomic E-state index is 0.389. The second kappa shape index (κ2) is 7.84. The van der Waals surface area contributed by atoms with E-state index in [1.165, 1.54) is 0 Å². The normalized spacial score (nSPS) is 11.8. The predicted molar refractivity (Wildman–Crippen MR) is 115 cm³/mol. The Labute approximate surface area is 171 Å². The number of rotatable bonds is 6. The van der Waals surface area contributed by atoms with Crippen LogP contribution in [0.15, 0.2) is 42.7 Å². The average molecular weight is 406 g/mol. The Morgan fingerprint density at radius 2 is 2.14 bits per heavy atom. The van der Waals surface area contributed by atoms with Crippen molar-refractivity contribution >= 4 is 45.6 Å². The quantitative estimate of drug-likeness (QED) is 0.333. The Morgan fingerprint density at radius 3 is 2.93 bits per heavy atom. The van der Waals surface area contributed by atoms with Gasteiger partial charge in [0.25, 0.3) is 0 Å². The molecule has 0 fully saturated rings. The third kappa shape index (κ3) is 3.87. The molecule has 10 heteroatoms. The van der Waals surface area contributed by atoms with Gasteiger partial charge in [0.05, 0.1) is 36.7 Å². The van der Waals surface area contributed by atoms with Crippen molar-refractivity contribution in [1.82, 2.24) is 29.8 Å². The van der Waals surface area contributed by atoms with Crippen molar-refractivity contribution < 1.29 is 4.74 Å². The fourth-order valence-electron chi connectivity index (χ4n) is 2.80. The van der Waals surface area contributed by atoms with E-state index in [0.29, 0.717) is 40.1 Å². The van der Waals surface area contributed by atoms with Gasteiger partial charge in [-0.05, 0) is 31.2 Å². The van der Waals surface area contributed by atoms with Gasteiger partial charge in [-0.3, -0.25) is 4.98 Å². The minimum Gasteiger partial charge on any atom is -0.495 e. The van der Waals surface area contributed by atoms with E-state index in [9.17, 15) is 0 Å². The number of aromatic nitrogens is 6. The summed E-state index contributed by atoms with van der Waals surface area (Å²) in [6, 6.07) is 7.31. The van der Waals surface area contributed by atoms with Crippen LogP contribution in [0, 0.1) is 5.41 Å². The maximum Gasteiger partial charge on any atom is 0.178 e. The summed E-state index contributed by atoms with van der Waals surface area (Å²) in [6.07, 6.45) is 5.01. The maximum atomic E-state index is 7.59. The maximum absolute atomic E-state index is 7.59. The van der Waals surface area contributed by atoms with Crippen molar-refractivity contribution in [3.63, 3.8) is 0 Å². The molecule has 0 bridgehead atoms. The summed E-state index contributed by atoms with van der Waals surface area (Å²) in [5.41, 5.74) is 3.94. The van der Waals surface area contributed by atoms with Gasteiger partial charge in [-0.2, -0.15) is 9.61 Å². The monoisotopic (exact) mass is 406 g/mol. The molecule has 0 aromatic carbocycles. The van der Waals surface area contributed by atoms with Gasteiger partial charge in [0.2, 0.25) is 0 Å². The molecule has 0 amide bonds. The van der Waals surface area contributed by atoms with Crippen LogP contribution < -0.4 is 10.1 Å². The number of hydrogen-bond acceptors (Lipinski definition) is 9. The fraction of sp³-hybridized carbons (Fsp3) is 0.158. The van der Waals surface area contributed by atoms with Gasteiger partial charge in [0.1, 0.15) is 11.3 Å². The topological polar surface area (TPSA) is 114 Å². The Morgan fingerprint density at radius 1 is 1.28 bits per heavy atom. The van der Waals surface area contributed by atoms with E-state index in [0.717, 1.165) is 16.7 Å². The summed E-state index contributed by atoms with van der Waals surface area (Å²) in [6.45, 7) is 2.07. The average Bonchev–Trinajstić information content (AvgIpc) is 3.13. The predicted octanol–water partition coefficient (Wildman–Crippen LogP) is 3.00. The van der Waals surface area contributed by atoms with Gasteiger partial charge >= 0.3 is 0 Å². The van der Waals surface area contributed by atoms with Crippen molar-refractivity contribution in [2.24, 2.45) is 0 Å². The first-order valence-electron chi connectivity index (χ1n) is 8.75. The number of nitrogens with one attached hydrogen (secondary N) is 2. The van der Waals surface area contributed by atoms with Gasteiger partial charge in [0.15, 0.2) is 11.5 Å². The lowest BCUT2D eigenvalue weighted by Gasteiger charge is -2.09. The molecule has 0 aliphatic rings. The van der Waals surface area contributed by atoms with Gasteiger partial charge in [-0.25, -0.2) is 4.98 Å². The molecule has 4 rings (SSSR count). The van der Waals surface area contributed by atoms with Crippen LogP contribution in [0.1, 0.15) is 18.4 Å². The molecule has 0 atom stereocenters. The molecule has 0 saturated carbocycles. The van der Waals surface area contributed by atoms with Crippen molar-refractivity contribution in [2.45, 2.75) is 13.5 Å². The van der Waals surface area contributed by atoms with E-state index in [2.05, 4.69) is 43.2 Å². The van der Waals surface area contributed by atoms with E-state index in [1.807, 2.05) is 18.2 Å². The smallest absolute Gasteiger partial charge is 0.178 e. The summed E-state index contributed by atoms with van der Waals surface area (Å²) in [4.78, 5) is 9.37. The zero-order chi connectivity index (χ0) is 20.4. The molecule has 4 aromatic rings. The third-order valence-corrected chi connectivity index (χ3v) is 4.53. The lowest BCUT2D eigenvalue weighted by atomic mass is 10.2. The van der Waals surface area contributed by atoms with E-state index < -0.39 is 0 Å². The number of thiol groups is 1. The van der Waals surface area contributed by atoms with E-state index in [1.54, 1.807) is 43.1 Å². The Bertz CT molecular complexity index is 1250. The van der Waals surface area contributed by atoms with Gasteiger partial charge in [0, 0.05) is 22.9 Å². The number of methoxy groups -OCH3 is 1. The number of ether oxygens (including phenoxy) is 1. The van der Waals surface area contributed by atoms with Gasteiger partial charge < -0.3 is 15.5 Å². The summed E-state index contributed by atoms with van der Waals surface area (Å²) in [7, 11) is 1.59. The number of pyridine rings is 2. The number of hydrogen-bond donors (Lipinski definition) is 3. The van der Waals surface area contributed by atoms with Crippen LogP contribution in [-0.2, 0) is 6.54 Å². The van der Waals surface area contributed by atoms with Crippen LogP contribution in [0.4, 0.5) is 5.69 Å². The van der Waals surface area contributed by atoms with Crippen molar-refractivity contribution in [2.75, 3.05) is 12.4 Å². The second-order valence-electron chi connectivity index (χ2n) is 6.27. The first kappa shape index (κ1) is 18.8. The van der Waals surface area contributed by atoms with Crippen molar-refractivity contribution in [1.29, 1.82) is 5.41 Å². The zero-order valence-electron chi connectivity index (χ0n) is 15.8. The van der Waals surface area contributed by atoms with Crippen LogP contribution >= 0.6 is 12.6 Å². The highest BCUT2D eigenvalue weighted by atomic mass is 32.1. The largest absolute Gasteiger partial charge is 0.495 e. The van der Waals surface area contributed by atoms with E-state index in [4.69, 9.17) is 10.1 Å². The number of anilines is 1. The van der Waals surface area contributed by atoms with Crippen molar-refractivity contribution in [3.8, 4) is 5.75 Å². The molecule has 29 heavy (non-hydrogen) atoms. The van der Waals surface area contributed by atoms with Gasteiger partial charge in [-0.1, -0.05) is 0 Å². The lowest BCUT2D eigenvalue weighted by molar-refractivity contribution is 0.413. The summed E-state index contributed by atoms with van der Waals surface area (Å²) in [5, 5.41) is 23.8. The number of nitrogens with zero attached hydrogens (tertiary/aromatic N) is 6. The molecule has 146 valence electrons. The third-order valence-electron chi connectivity index (χ3n) is 4.17. The van der Waals surface area contributed by atoms with Crippen LogP contribution in [0.3, 0.4) is 0 Å². The van der Waals surface area contributed by atoms with Crippen LogP contribution in [0.5, 0.6) is 5.75 Å². The summed E-state index contributed by atoms with van der Waals surface area (Å²) < 4.78 is 6.87. The first-order chi connectivity index (χ1) is 14.0. The molecule has 0 radical (unpaired) electrons. The molecule has 0 aliphatic carbocycles. The Balaban J connectivity index is 1.63. The SMILES string of the molecule is COc1cnc2c(NCc3nnc4ccc(/C(S)=C/C(C)=N)nn34)ccnc2c1.